The first kappa shape index (κ1) is 32.8. The Kier molecular flexibility index (Phi) is 16.6. The molecule has 0 spiro atoms. The van der Waals surface area contributed by atoms with Crippen molar-refractivity contribution in [3.05, 3.63) is 71.8 Å². The van der Waals surface area contributed by atoms with E-state index in [9.17, 15) is 0 Å². The molecule has 1 aliphatic heterocycles. The molecule has 0 aromatic heterocycles. The van der Waals surface area contributed by atoms with E-state index in [4.69, 9.17) is 18.8 Å². The van der Waals surface area contributed by atoms with Crippen LogP contribution in [0.15, 0.2) is 60.7 Å². The van der Waals surface area contributed by atoms with Gasteiger partial charge in [0, 0.05) is 26.3 Å². The molecule has 1 saturated heterocycles. The highest BCUT2D eigenvalue weighted by Gasteiger charge is 2.34. The maximum absolute atomic E-state index is 6.43. The molecule has 0 radical (unpaired) electrons. The van der Waals surface area contributed by atoms with Crippen LogP contribution in [0.2, 0.25) is 0 Å². The fourth-order valence-electron chi connectivity index (χ4n) is 5.76. The van der Waals surface area contributed by atoms with E-state index in [1.165, 1.54) is 64.2 Å². The molecule has 1 fully saturated rings. The van der Waals surface area contributed by atoms with E-state index in [2.05, 4.69) is 74.2 Å². The summed E-state index contributed by atoms with van der Waals surface area (Å²) in [6.45, 7) is 10.3. The summed E-state index contributed by atoms with van der Waals surface area (Å²) in [6.07, 6.45) is 12.9. The molecule has 1 heterocycles. The number of nitrogens with zero attached hydrogens (tertiary/aromatic N) is 1. The molecule has 40 heavy (non-hydrogen) atoms. The van der Waals surface area contributed by atoms with Crippen molar-refractivity contribution in [3.63, 3.8) is 0 Å². The van der Waals surface area contributed by atoms with Gasteiger partial charge in [0.2, 0.25) is 0 Å². The van der Waals surface area contributed by atoms with Crippen LogP contribution in [0.4, 0.5) is 0 Å². The normalized spacial score (nSPS) is 19.9. The third-order valence-electron chi connectivity index (χ3n) is 7.89. The molecule has 0 bridgehead atoms. The van der Waals surface area contributed by atoms with Gasteiger partial charge in [0.25, 0.3) is 0 Å². The topological polar surface area (TPSA) is 40.2 Å². The summed E-state index contributed by atoms with van der Waals surface area (Å²) >= 11 is 0. The first-order valence-electron chi connectivity index (χ1n) is 16.0. The van der Waals surface area contributed by atoms with E-state index >= 15 is 0 Å². The lowest BCUT2D eigenvalue weighted by Gasteiger charge is -2.39. The van der Waals surface area contributed by atoms with Crippen LogP contribution in [-0.4, -0.2) is 57.6 Å². The molecule has 2 aromatic carbocycles. The molecule has 0 aliphatic carbocycles. The van der Waals surface area contributed by atoms with E-state index in [1.54, 1.807) is 0 Å². The van der Waals surface area contributed by atoms with Crippen molar-refractivity contribution in [1.29, 1.82) is 0 Å². The zero-order valence-electron chi connectivity index (χ0n) is 25.5. The fraction of sp³-hybridized carbons (Fsp3) is 0.647. The Labute approximate surface area is 245 Å². The zero-order valence-corrected chi connectivity index (χ0v) is 25.5. The first-order chi connectivity index (χ1) is 19.8. The standard InChI is InChI=1S/C34H54BNO4/c1-4-7-8-9-10-11-12-13-14-21-26-36-27-31(33(37-5-2)29-22-17-15-18-23-29)39-35-40-32(28-36)34(38-6-3)30-24-19-16-20-25-30/h15-20,22-25,31-35H,4-14,21,26-28H2,1-3H3. The zero-order chi connectivity index (χ0) is 28.3. The summed E-state index contributed by atoms with van der Waals surface area (Å²) in [6, 6.07) is 20.9. The molecule has 0 N–H and O–H groups in total. The highest BCUT2D eigenvalue weighted by molar-refractivity contribution is 6.18. The van der Waals surface area contributed by atoms with E-state index in [-0.39, 0.29) is 32.1 Å². The van der Waals surface area contributed by atoms with Crippen molar-refractivity contribution >= 4 is 7.69 Å². The Bertz CT molecular complexity index is 811. The molecule has 5 nitrogen and oxygen atoms in total. The van der Waals surface area contributed by atoms with Gasteiger partial charge in [0.05, 0.1) is 12.2 Å². The lowest BCUT2D eigenvalue weighted by molar-refractivity contribution is -0.0868. The Morgan fingerprint density at radius 2 is 1.07 bits per heavy atom. The quantitative estimate of drug-likeness (QED) is 0.132. The molecule has 1 aliphatic rings. The Hall–Kier alpha value is -1.70. The third kappa shape index (κ3) is 11.7. The van der Waals surface area contributed by atoms with Gasteiger partial charge in [-0.25, -0.2) is 0 Å². The van der Waals surface area contributed by atoms with E-state index in [1.807, 2.05) is 12.1 Å². The maximum Gasteiger partial charge on any atom is 0.438 e. The molecule has 4 unspecified atom stereocenters. The predicted octanol–water partition coefficient (Wildman–Crippen LogP) is 7.82. The second-order valence-electron chi connectivity index (χ2n) is 11.0. The van der Waals surface area contributed by atoms with Crippen LogP contribution in [0.5, 0.6) is 0 Å². The highest BCUT2D eigenvalue weighted by atomic mass is 16.6. The monoisotopic (exact) mass is 551 g/mol. The summed E-state index contributed by atoms with van der Waals surface area (Å²) in [7, 11) is 0.230. The maximum atomic E-state index is 6.43. The lowest BCUT2D eigenvalue weighted by atomic mass is 9.99. The van der Waals surface area contributed by atoms with Crippen LogP contribution in [0.3, 0.4) is 0 Å². The van der Waals surface area contributed by atoms with Gasteiger partial charge in [-0.05, 0) is 37.9 Å². The summed E-state index contributed by atoms with van der Waals surface area (Å²) in [5.74, 6) is 0. The van der Waals surface area contributed by atoms with E-state index in [0.717, 1.165) is 30.8 Å². The summed E-state index contributed by atoms with van der Waals surface area (Å²) < 4.78 is 25.4. The van der Waals surface area contributed by atoms with Gasteiger partial charge in [-0.2, -0.15) is 0 Å². The fourth-order valence-corrected chi connectivity index (χ4v) is 5.76. The second kappa shape index (κ2) is 20.2. The Balaban J connectivity index is 1.64. The molecule has 0 amide bonds. The van der Waals surface area contributed by atoms with Gasteiger partial charge in [-0.15, -0.1) is 0 Å². The second-order valence-corrected chi connectivity index (χ2v) is 11.0. The molecular formula is C34H54BNO4. The van der Waals surface area contributed by atoms with E-state index < -0.39 is 0 Å². The summed E-state index contributed by atoms with van der Waals surface area (Å²) in [5.41, 5.74) is 2.31. The number of ether oxygens (including phenoxy) is 2. The van der Waals surface area contributed by atoms with Crippen LogP contribution in [0, 0.1) is 0 Å². The number of hydrogen-bond acceptors (Lipinski definition) is 5. The lowest BCUT2D eigenvalue weighted by Crippen LogP contribution is -2.48. The minimum atomic E-state index is -0.127. The third-order valence-corrected chi connectivity index (χ3v) is 7.89. The Morgan fingerprint density at radius 3 is 1.50 bits per heavy atom. The van der Waals surface area contributed by atoms with Crippen molar-refractivity contribution in [2.24, 2.45) is 0 Å². The van der Waals surface area contributed by atoms with Crippen molar-refractivity contribution < 1.29 is 18.8 Å². The molecule has 2 aromatic rings. The molecule has 3 rings (SSSR count). The van der Waals surface area contributed by atoms with Gasteiger partial charge < -0.3 is 18.8 Å². The highest BCUT2D eigenvalue weighted by Crippen LogP contribution is 2.29. The SMILES string of the molecule is CCCCCCCCCCCCN1CC(C(OCC)c2ccccc2)OBOC(C(OCC)c2ccccc2)C1. The molecule has 222 valence electrons. The molecule has 4 atom stereocenters. The average molecular weight is 552 g/mol. The van der Waals surface area contributed by atoms with Crippen LogP contribution in [0.25, 0.3) is 0 Å². The van der Waals surface area contributed by atoms with Gasteiger partial charge >= 0.3 is 7.69 Å². The van der Waals surface area contributed by atoms with Gasteiger partial charge in [-0.1, -0.05) is 125 Å². The largest absolute Gasteiger partial charge is 0.438 e. The smallest absolute Gasteiger partial charge is 0.407 e. The van der Waals surface area contributed by atoms with Crippen molar-refractivity contribution in [1.82, 2.24) is 4.90 Å². The summed E-state index contributed by atoms with van der Waals surface area (Å²) in [4.78, 5) is 2.53. The number of hydrogen-bond donors (Lipinski definition) is 0. The average Bonchev–Trinajstić information content (AvgIpc) is 2.98. The van der Waals surface area contributed by atoms with Crippen molar-refractivity contribution in [2.75, 3.05) is 32.8 Å². The predicted molar refractivity (Wildman–Crippen MR) is 167 cm³/mol. The first-order valence-corrected chi connectivity index (χ1v) is 16.0. The van der Waals surface area contributed by atoms with Gasteiger partial charge in [0.15, 0.2) is 0 Å². The molecule has 6 heteroatoms. The van der Waals surface area contributed by atoms with Crippen LogP contribution < -0.4 is 0 Å². The minimum Gasteiger partial charge on any atom is -0.407 e. The summed E-state index contributed by atoms with van der Waals surface area (Å²) in [5, 5.41) is 0. The number of unbranched alkanes of at least 4 members (excludes halogenated alkanes) is 9. The van der Waals surface area contributed by atoms with Crippen LogP contribution in [0.1, 0.15) is 108 Å². The van der Waals surface area contributed by atoms with E-state index in [0.29, 0.717) is 13.2 Å². The molecule has 0 saturated carbocycles. The number of rotatable bonds is 19. The van der Waals surface area contributed by atoms with Crippen LogP contribution >= 0.6 is 0 Å². The van der Waals surface area contributed by atoms with Gasteiger partial charge in [-0.3, -0.25) is 4.90 Å². The number of benzene rings is 2. The van der Waals surface area contributed by atoms with Crippen molar-refractivity contribution in [2.45, 2.75) is 109 Å². The minimum absolute atomic E-state index is 0.103. The van der Waals surface area contributed by atoms with Gasteiger partial charge in [0.1, 0.15) is 12.2 Å². The van der Waals surface area contributed by atoms with Crippen LogP contribution in [-0.2, 0) is 18.8 Å². The molecular weight excluding hydrogens is 497 g/mol. The Morgan fingerprint density at radius 1 is 0.650 bits per heavy atom. The van der Waals surface area contributed by atoms with Crippen molar-refractivity contribution in [3.8, 4) is 0 Å².